The number of nitrogens with one attached hydrogen (secondary N) is 1. The number of aromatic amines is 1. The first-order valence-electron chi connectivity index (χ1n) is 5.26. The van der Waals surface area contributed by atoms with Gasteiger partial charge in [0.15, 0.2) is 5.82 Å². The molecule has 1 aromatic carbocycles. The lowest BCUT2D eigenvalue weighted by Crippen LogP contribution is -1.90. The van der Waals surface area contributed by atoms with E-state index in [1.165, 1.54) is 12.1 Å². The van der Waals surface area contributed by atoms with Gasteiger partial charge in [-0.25, -0.2) is 9.37 Å². The van der Waals surface area contributed by atoms with Crippen LogP contribution in [0, 0.1) is 12.7 Å². The molecule has 0 atom stereocenters. The van der Waals surface area contributed by atoms with E-state index in [4.69, 9.17) is 0 Å². The van der Waals surface area contributed by atoms with Gasteiger partial charge in [-0.3, -0.25) is 5.10 Å². The molecule has 0 fully saturated rings. The minimum Gasteiger partial charge on any atom is -0.262 e. The van der Waals surface area contributed by atoms with Gasteiger partial charge in [0, 0.05) is 11.5 Å². The molecule has 0 aliphatic carbocycles. The summed E-state index contributed by atoms with van der Waals surface area (Å²) >= 11 is 0. The monoisotopic (exact) mass is 219 g/mol. The molecule has 0 aliphatic rings. The molecule has 1 heterocycles. The Hall–Kier alpha value is -1.71. The Morgan fingerprint density at radius 1 is 1.31 bits per heavy atom. The maximum Gasteiger partial charge on any atom is 0.181 e. The highest BCUT2D eigenvalue weighted by molar-refractivity contribution is 5.59. The average molecular weight is 219 g/mol. The van der Waals surface area contributed by atoms with E-state index in [1.807, 2.05) is 20.8 Å². The Bertz CT molecular complexity index is 503. The summed E-state index contributed by atoms with van der Waals surface area (Å²) in [4.78, 5) is 4.35. The molecule has 4 heteroatoms. The molecule has 1 N–H and O–H groups in total. The number of H-pyrrole nitrogens is 1. The lowest BCUT2D eigenvalue weighted by Gasteiger charge is -2.00. The van der Waals surface area contributed by atoms with Gasteiger partial charge >= 0.3 is 0 Å². The lowest BCUT2D eigenvalue weighted by atomic mass is 10.1. The maximum absolute atomic E-state index is 13.1. The van der Waals surface area contributed by atoms with E-state index in [-0.39, 0.29) is 11.7 Å². The zero-order valence-corrected chi connectivity index (χ0v) is 9.58. The predicted molar refractivity (Wildman–Crippen MR) is 60.6 cm³/mol. The Labute approximate surface area is 93.7 Å². The molecular weight excluding hydrogens is 205 g/mol. The van der Waals surface area contributed by atoms with Crippen molar-refractivity contribution in [3.63, 3.8) is 0 Å². The van der Waals surface area contributed by atoms with Crippen LogP contribution in [-0.4, -0.2) is 15.2 Å². The highest BCUT2D eigenvalue weighted by Gasteiger charge is 2.11. The van der Waals surface area contributed by atoms with Gasteiger partial charge in [0.25, 0.3) is 0 Å². The van der Waals surface area contributed by atoms with Crippen molar-refractivity contribution < 1.29 is 4.39 Å². The summed E-state index contributed by atoms with van der Waals surface area (Å²) in [5.74, 6) is 1.39. The summed E-state index contributed by atoms with van der Waals surface area (Å²) < 4.78 is 13.1. The number of benzene rings is 1. The van der Waals surface area contributed by atoms with Crippen LogP contribution >= 0.6 is 0 Å². The fraction of sp³-hybridized carbons (Fsp3) is 0.333. The minimum atomic E-state index is -0.267. The first-order valence-corrected chi connectivity index (χ1v) is 5.26. The number of aryl methyl sites for hydroxylation is 1. The summed E-state index contributed by atoms with van der Waals surface area (Å²) in [6.07, 6.45) is 0. The molecule has 0 spiro atoms. The molecule has 3 nitrogen and oxygen atoms in total. The summed E-state index contributed by atoms with van der Waals surface area (Å²) in [5.41, 5.74) is 1.71. The van der Waals surface area contributed by atoms with Crippen LogP contribution in [0.2, 0.25) is 0 Å². The van der Waals surface area contributed by atoms with E-state index in [2.05, 4.69) is 15.2 Å². The fourth-order valence-electron chi connectivity index (χ4n) is 1.49. The molecular formula is C12H14FN3. The Balaban J connectivity index is 2.46. The smallest absolute Gasteiger partial charge is 0.181 e. The van der Waals surface area contributed by atoms with Gasteiger partial charge < -0.3 is 0 Å². The molecule has 2 rings (SSSR count). The molecule has 1 aromatic heterocycles. The molecule has 84 valence electrons. The molecule has 2 aromatic rings. The van der Waals surface area contributed by atoms with Crippen LogP contribution in [0.1, 0.15) is 31.2 Å². The van der Waals surface area contributed by atoms with Crippen LogP contribution in [0.3, 0.4) is 0 Å². The van der Waals surface area contributed by atoms with Gasteiger partial charge in [-0.1, -0.05) is 19.9 Å². The third-order valence-electron chi connectivity index (χ3n) is 2.49. The number of hydrogen-bond donors (Lipinski definition) is 1. The largest absolute Gasteiger partial charge is 0.262 e. The number of nitrogens with zero attached hydrogens (tertiary/aromatic N) is 2. The quantitative estimate of drug-likeness (QED) is 0.843. The first kappa shape index (κ1) is 10.8. The van der Waals surface area contributed by atoms with Crippen molar-refractivity contribution in [2.75, 3.05) is 0 Å². The van der Waals surface area contributed by atoms with E-state index >= 15 is 0 Å². The predicted octanol–water partition coefficient (Wildman–Crippen LogP) is 3.04. The van der Waals surface area contributed by atoms with E-state index in [0.717, 1.165) is 17.0 Å². The van der Waals surface area contributed by atoms with E-state index in [1.54, 1.807) is 6.07 Å². The van der Waals surface area contributed by atoms with E-state index in [9.17, 15) is 4.39 Å². The zero-order valence-electron chi connectivity index (χ0n) is 9.58. The standard InChI is InChI=1S/C12H14FN3/c1-7(2)11-14-12(16-15-11)10-6-9(13)5-4-8(10)3/h4-7H,1-3H3,(H,14,15,16). The molecule has 16 heavy (non-hydrogen) atoms. The minimum absolute atomic E-state index is 0.267. The SMILES string of the molecule is Cc1ccc(F)cc1-c1n[nH]c(C(C)C)n1. The summed E-state index contributed by atoms with van der Waals surface area (Å²) in [7, 11) is 0. The van der Waals surface area contributed by atoms with Gasteiger partial charge in [0.2, 0.25) is 0 Å². The Morgan fingerprint density at radius 2 is 2.06 bits per heavy atom. The second-order valence-corrected chi connectivity index (χ2v) is 4.16. The van der Waals surface area contributed by atoms with Crippen LogP contribution in [-0.2, 0) is 0 Å². The van der Waals surface area contributed by atoms with E-state index < -0.39 is 0 Å². The zero-order chi connectivity index (χ0) is 11.7. The van der Waals surface area contributed by atoms with Crippen molar-refractivity contribution in [3.05, 3.63) is 35.4 Å². The molecule has 0 unspecified atom stereocenters. The first-order chi connectivity index (χ1) is 7.58. The van der Waals surface area contributed by atoms with Crippen LogP contribution in [0.4, 0.5) is 4.39 Å². The molecule has 0 amide bonds. The molecule has 0 bridgehead atoms. The maximum atomic E-state index is 13.1. The molecule has 0 aliphatic heterocycles. The summed E-state index contributed by atoms with van der Waals surface area (Å²) in [6.45, 7) is 5.98. The third-order valence-corrected chi connectivity index (χ3v) is 2.49. The second kappa shape index (κ2) is 4.04. The van der Waals surface area contributed by atoms with Crippen LogP contribution in [0.25, 0.3) is 11.4 Å². The highest BCUT2D eigenvalue weighted by atomic mass is 19.1. The van der Waals surface area contributed by atoms with Crippen molar-refractivity contribution >= 4 is 0 Å². The van der Waals surface area contributed by atoms with Gasteiger partial charge in [0.1, 0.15) is 11.6 Å². The van der Waals surface area contributed by atoms with E-state index in [0.29, 0.717) is 5.82 Å². The number of halogens is 1. The second-order valence-electron chi connectivity index (χ2n) is 4.16. The average Bonchev–Trinajstić information content (AvgIpc) is 2.70. The van der Waals surface area contributed by atoms with Crippen LogP contribution < -0.4 is 0 Å². The normalized spacial score (nSPS) is 11.1. The lowest BCUT2D eigenvalue weighted by molar-refractivity contribution is 0.627. The number of aromatic nitrogens is 3. The highest BCUT2D eigenvalue weighted by Crippen LogP contribution is 2.22. The third kappa shape index (κ3) is 1.96. The van der Waals surface area contributed by atoms with Crippen molar-refractivity contribution in [1.82, 2.24) is 15.2 Å². The van der Waals surface area contributed by atoms with Gasteiger partial charge in [-0.15, -0.1) is 0 Å². The van der Waals surface area contributed by atoms with Gasteiger partial charge in [-0.2, -0.15) is 5.10 Å². The number of hydrogen-bond acceptors (Lipinski definition) is 2. The topological polar surface area (TPSA) is 41.6 Å². The number of rotatable bonds is 2. The van der Waals surface area contributed by atoms with Crippen molar-refractivity contribution in [1.29, 1.82) is 0 Å². The molecule has 0 saturated heterocycles. The van der Waals surface area contributed by atoms with Crippen LogP contribution in [0.15, 0.2) is 18.2 Å². The van der Waals surface area contributed by atoms with Gasteiger partial charge in [-0.05, 0) is 24.6 Å². The van der Waals surface area contributed by atoms with Crippen LogP contribution in [0.5, 0.6) is 0 Å². The fourth-order valence-corrected chi connectivity index (χ4v) is 1.49. The Kier molecular flexibility index (Phi) is 2.73. The molecule has 0 radical (unpaired) electrons. The molecule has 0 saturated carbocycles. The van der Waals surface area contributed by atoms with Crippen molar-refractivity contribution in [2.45, 2.75) is 26.7 Å². The Morgan fingerprint density at radius 3 is 2.69 bits per heavy atom. The summed E-state index contributed by atoms with van der Waals surface area (Å²) in [6, 6.07) is 4.63. The van der Waals surface area contributed by atoms with Crippen molar-refractivity contribution in [3.8, 4) is 11.4 Å². The van der Waals surface area contributed by atoms with Gasteiger partial charge in [0.05, 0.1) is 0 Å². The van der Waals surface area contributed by atoms with Crippen molar-refractivity contribution in [2.24, 2.45) is 0 Å². The summed E-state index contributed by atoms with van der Waals surface area (Å²) in [5, 5.41) is 6.97.